The van der Waals surface area contributed by atoms with Gasteiger partial charge in [0.2, 0.25) is 11.5 Å². The van der Waals surface area contributed by atoms with Gasteiger partial charge in [0.15, 0.2) is 35.7 Å². The summed E-state index contributed by atoms with van der Waals surface area (Å²) >= 11 is 0. The van der Waals surface area contributed by atoms with Gasteiger partial charge in [0.05, 0.1) is 38.5 Å². The Kier molecular flexibility index (Phi) is 4.93. The molecule has 0 saturated carbocycles. The molecule has 5 rings (SSSR count). The first-order valence-corrected chi connectivity index (χ1v) is 10.2. The number of hydrogen-bond acceptors (Lipinski definition) is 6. The normalized spacial score (nSPS) is 12.1. The average molecular weight is 432 g/mol. The van der Waals surface area contributed by atoms with Crippen molar-refractivity contribution >= 4 is 16.7 Å². The summed E-state index contributed by atoms with van der Waals surface area (Å²) < 4.78 is 29.5. The van der Waals surface area contributed by atoms with Crippen LogP contribution < -0.4 is 23.5 Å². The van der Waals surface area contributed by atoms with E-state index >= 15 is 0 Å². The SMILES string of the molecule is COc1cc2c(cc1OC)-c1cc3ccc(OC)c(OC(=O)c4ccco4)c3c[n+]1CC2. The van der Waals surface area contributed by atoms with Crippen LogP contribution >= 0.6 is 0 Å². The molecular formula is C25H22NO6+. The van der Waals surface area contributed by atoms with E-state index in [1.807, 2.05) is 24.4 Å². The number of carbonyl (C=O) groups is 1. The van der Waals surface area contributed by atoms with E-state index in [2.05, 4.69) is 10.6 Å². The van der Waals surface area contributed by atoms with Gasteiger partial charge < -0.3 is 23.4 Å². The van der Waals surface area contributed by atoms with E-state index in [0.717, 1.165) is 40.7 Å². The molecule has 32 heavy (non-hydrogen) atoms. The first-order chi connectivity index (χ1) is 15.6. The van der Waals surface area contributed by atoms with Crippen LogP contribution in [-0.4, -0.2) is 27.3 Å². The molecule has 2 aromatic carbocycles. The molecule has 0 spiro atoms. The Morgan fingerprint density at radius 3 is 2.47 bits per heavy atom. The van der Waals surface area contributed by atoms with Gasteiger partial charge in [-0.25, -0.2) is 4.79 Å². The maximum Gasteiger partial charge on any atom is 0.379 e. The van der Waals surface area contributed by atoms with Crippen LogP contribution in [0.15, 0.2) is 59.3 Å². The third kappa shape index (κ3) is 3.22. The number of esters is 1. The minimum atomic E-state index is -0.578. The van der Waals surface area contributed by atoms with E-state index in [-0.39, 0.29) is 5.76 Å². The third-order valence-electron chi connectivity index (χ3n) is 5.72. The number of methoxy groups -OCH3 is 3. The molecule has 3 heterocycles. The lowest BCUT2D eigenvalue weighted by Gasteiger charge is -2.19. The Hall–Kier alpha value is -4.00. The molecule has 162 valence electrons. The average Bonchev–Trinajstić information content (AvgIpc) is 3.37. The first kappa shape index (κ1) is 19.9. The number of aromatic nitrogens is 1. The number of ether oxygens (including phenoxy) is 4. The molecule has 0 N–H and O–H groups in total. The summed E-state index contributed by atoms with van der Waals surface area (Å²) in [6.45, 7) is 0.774. The predicted octanol–water partition coefficient (Wildman–Crippen LogP) is 4.19. The van der Waals surface area contributed by atoms with E-state index in [4.69, 9.17) is 23.4 Å². The highest BCUT2D eigenvalue weighted by atomic mass is 16.6. The first-order valence-electron chi connectivity index (χ1n) is 10.2. The minimum absolute atomic E-state index is 0.129. The molecule has 0 aliphatic carbocycles. The Bertz CT molecular complexity index is 1330. The van der Waals surface area contributed by atoms with Gasteiger partial charge in [-0.15, -0.1) is 0 Å². The van der Waals surface area contributed by atoms with Crippen molar-refractivity contribution in [2.75, 3.05) is 21.3 Å². The van der Waals surface area contributed by atoms with Crippen LogP contribution in [0.3, 0.4) is 0 Å². The molecule has 0 saturated heterocycles. The Morgan fingerprint density at radius 2 is 1.75 bits per heavy atom. The standard InChI is InChI=1S/C25H22NO6/c1-28-20-7-6-15-11-19-17-13-23(30-3)22(29-2)12-16(17)8-9-26(19)14-18(15)24(20)32-25(27)21-5-4-10-31-21/h4-7,10-14H,8-9H2,1-3H3/q+1. The van der Waals surface area contributed by atoms with E-state index < -0.39 is 5.97 Å². The largest absolute Gasteiger partial charge is 0.493 e. The Labute approximate surface area is 184 Å². The van der Waals surface area contributed by atoms with Gasteiger partial charge in [0.25, 0.3) is 0 Å². The maximum atomic E-state index is 12.6. The second kappa shape index (κ2) is 7.92. The molecule has 2 aromatic heterocycles. The smallest absolute Gasteiger partial charge is 0.379 e. The monoisotopic (exact) mass is 432 g/mol. The fourth-order valence-corrected chi connectivity index (χ4v) is 4.14. The lowest BCUT2D eigenvalue weighted by Crippen LogP contribution is -2.40. The number of fused-ring (bicyclic) bond motifs is 4. The highest BCUT2D eigenvalue weighted by Gasteiger charge is 2.28. The van der Waals surface area contributed by atoms with Crippen LogP contribution in [0, 0.1) is 0 Å². The van der Waals surface area contributed by atoms with Gasteiger partial charge in [-0.2, -0.15) is 4.57 Å². The van der Waals surface area contributed by atoms with Crippen molar-refractivity contribution in [1.29, 1.82) is 0 Å². The fraction of sp³-hybridized carbons (Fsp3) is 0.200. The zero-order valence-electron chi connectivity index (χ0n) is 18.0. The summed E-state index contributed by atoms with van der Waals surface area (Å²) in [6.07, 6.45) is 4.27. The van der Waals surface area contributed by atoms with Gasteiger partial charge >= 0.3 is 5.97 Å². The van der Waals surface area contributed by atoms with Gasteiger partial charge in [-0.1, -0.05) is 0 Å². The van der Waals surface area contributed by atoms with Crippen molar-refractivity contribution in [1.82, 2.24) is 0 Å². The molecule has 0 radical (unpaired) electrons. The highest BCUT2D eigenvalue weighted by Crippen LogP contribution is 2.40. The van der Waals surface area contributed by atoms with Crippen LogP contribution in [0.5, 0.6) is 23.0 Å². The number of aryl methyl sites for hydroxylation is 2. The third-order valence-corrected chi connectivity index (χ3v) is 5.72. The molecule has 0 amide bonds. The Morgan fingerprint density at radius 1 is 0.969 bits per heavy atom. The quantitative estimate of drug-likeness (QED) is 0.268. The molecule has 0 atom stereocenters. The van der Waals surface area contributed by atoms with Crippen molar-refractivity contribution in [3.8, 4) is 34.3 Å². The summed E-state index contributed by atoms with van der Waals surface area (Å²) in [6, 6.07) is 13.1. The summed E-state index contributed by atoms with van der Waals surface area (Å²) in [5.41, 5.74) is 3.33. The van der Waals surface area contributed by atoms with Gasteiger partial charge in [0.1, 0.15) is 0 Å². The highest BCUT2D eigenvalue weighted by molar-refractivity contribution is 5.96. The Balaban J connectivity index is 1.65. The number of pyridine rings is 1. The van der Waals surface area contributed by atoms with Crippen LogP contribution in [0.2, 0.25) is 0 Å². The topological polar surface area (TPSA) is 71.0 Å². The summed E-state index contributed by atoms with van der Waals surface area (Å²) in [5.74, 6) is 1.79. The van der Waals surface area contributed by atoms with Gasteiger partial charge in [-0.05, 0) is 47.3 Å². The lowest BCUT2D eigenvalue weighted by atomic mass is 9.95. The minimum Gasteiger partial charge on any atom is -0.493 e. The fourth-order valence-electron chi connectivity index (χ4n) is 4.14. The van der Waals surface area contributed by atoms with Crippen LogP contribution in [0.4, 0.5) is 0 Å². The number of nitrogens with zero attached hydrogens (tertiary/aromatic N) is 1. The van der Waals surface area contributed by atoms with E-state index in [1.165, 1.54) is 11.8 Å². The molecule has 1 aliphatic rings. The van der Waals surface area contributed by atoms with E-state index in [1.54, 1.807) is 39.5 Å². The van der Waals surface area contributed by atoms with Gasteiger partial charge in [0, 0.05) is 12.5 Å². The molecule has 7 heteroatoms. The second-order valence-corrected chi connectivity index (χ2v) is 7.43. The number of hydrogen-bond donors (Lipinski definition) is 0. The van der Waals surface area contributed by atoms with Crippen molar-refractivity contribution < 1.29 is 32.7 Å². The van der Waals surface area contributed by atoms with Crippen LogP contribution in [0.1, 0.15) is 16.1 Å². The molecule has 0 fully saturated rings. The van der Waals surface area contributed by atoms with Crippen molar-refractivity contribution in [3.05, 3.63) is 66.2 Å². The number of carbonyl (C=O) groups excluding carboxylic acids is 1. The molecule has 4 aromatic rings. The second-order valence-electron chi connectivity index (χ2n) is 7.43. The van der Waals surface area contributed by atoms with Crippen molar-refractivity contribution in [2.45, 2.75) is 13.0 Å². The predicted molar refractivity (Wildman–Crippen MR) is 117 cm³/mol. The van der Waals surface area contributed by atoms with Crippen LogP contribution in [-0.2, 0) is 13.0 Å². The van der Waals surface area contributed by atoms with E-state index in [9.17, 15) is 4.79 Å². The molecule has 1 aliphatic heterocycles. The molecule has 7 nitrogen and oxygen atoms in total. The summed E-state index contributed by atoms with van der Waals surface area (Å²) in [5, 5.41) is 1.69. The molecule has 0 bridgehead atoms. The van der Waals surface area contributed by atoms with E-state index in [0.29, 0.717) is 17.2 Å². The zero-order chi connectivity index (χ0) is 22.2. The number of benzene rings is 2. The van der Waals surface area contributed by atoms with Gasteiger partial charge in [-0.3, -0.25) is 0 Å². The summed E-state index contributed by atoms with van der Waals surface area (Å²) in [7, 11) is 4.82. The van der Waals surface area contributed by atoms with Crippen molar-refractivity contribution in [2.24, 2.45) is 0 Å². The number of rotatable bonds is 5. The lowest BCUT2D eigenvalue weighted by molar-refractivity contribution is -0.686. The zero-order valence-corrected chi connectivity index (χ0v) is 18.0. The van der Waals surface area contributed by atoms with Crippen LogP contribution in [0.25, 0.3) is 22.0 Å². The maximum absolute atomic E-state index is 12.6. The number of furan rings is 1. The van der Waals surface area contributed by atoms with Crippen molar-refractivity contribution in [3.63, 3.8) is 0 Å². The molecule has 0 unspecified atom stereocenters. The summed E-state index contributed by atoms with van der Waals surface area (Å²) in [4.78, 5) is 12.6. The molecular weight excluding hydrogens is 410 g/mol.